The molecule has 2 amide bonds. The van der Waals surface area contributed by atoms with Gasteiger partial charge in [0.05, 0.1) is 11.9 Å². The van der Waals surface area contributed by atoms with Gasteiger partial charge in [-0.1, -0.05) is 0 Å². The van der Waals surface area contributed by atoms with Gasteiger partial charge in [0.1, 0.15) is 0 Å². The van der Waals surface area contributed by atoms with Gasteiger partial charge in [-0.2, -0.15) is 5.26 Å². The Hall–Kier alpha value is 0.746. The van der Waals surface area contributed by atoms with E-state index in [4.69, 9.17) is 5.26 Å². The summed E-state index contributed by atoms with van der Waals surface area (Å²) in [5, 5.41) is 9.36. The zero-order valence-electron chi connectivity index (χ0n) is 5.34. The summed E-state index contributed by atoms with van der Waals surface area (Å²) < 4.78 is 1.99. The largest absolute Gasteiger partial charge is 1.00 e. The van der Waals surface area contributed by atoms with Gasteiger partial charge in [0.2, 0.25) is 0 Å². The number of amides is 2. The number of nitrogens with zero attached hydrogens (tertiary/aromatic N) is 1. The molecule has 0 aromatic heterocycles. The molecule has 0 rings (SSSR count). The minimum absolute atomic E-state index is 0. The van der Waals surface area contributed by atoms with Crippen LogP contribution in [0.5, 0.6) is 0 Å². The van der Waals surface area contributed by atoms with Crippen LogP contribution in [0.3, 0.4) is 0 Å². The normalized spacial score (nSPS) is 5.88. The molecule has 0 atom stereocenters. The van der Waals surface area contributed by atoms with E-state index in [9.17, 15) is 4.79 Å². The summed E-state index contributed by atoms with van der Waals surface area (Å²) in [6.45, 7) is 0. The van der Waals surface area contributed by atoms with Gasteiger partial charge in [-0.15, -0.1) is 0 Å². The van der Waals surface area contributed by atoms with Gasteiger partial charge in [-0.25, -0.2) is 4.79 Å². The predicted octanol–water partition coefficient (Wildman–Crippen LogP) is -3.10. The van der Waals surface area contributed by atoms with E-state index < -0.39 is 6.03 Å². The summed E-state index contributed by atoms with van der Waals surface area (Å²) in [6, 6.07) is -0.702. The number of nitrogens with one attached hydrogen (secondary N) is 1. The molecule has 0 fully saturated rings. The van der Waals surface area contributed by atoms with Crippen LogP contribution in [0, 0.1) is 10.7 Å². The molecule has 0 aliphatic carbocycles. The Morgan fingerprint density at radius 2 is 2.50 bits per heavy atom. The molecule has 3 N–H and O–H groups in total. The molecule has 0 heterocycles. The molecule has 0 radical (unpaired) electrons. The standard InChI is InChI=1S/C2H3N3OS.K.H/c3-1-7-5-2(4)6;;/h(H3,4,5,6);;/q;+1;-1. The average Bonchev–Trinajstić information content (AvgIpc) is 1.61. The van der Waals surface area contributed by atoms with Crippen molar-refractivity contribution in [3.05, 3.63) is 0 Å². The molecule has 0 aromatic carbocycles. The number of rotatable bonds is 1. The first-order valence-corrected chi connectivity index (χ1v) is 2.19. The molecule has 0 bridgehead atoms. The van der Waals surface area contributed by atoms with Crippen LogP contribution in [0.1, 0.15) is 1.43 Å². The van der Waals surface area contributed by atoms with Gasteiger partial charge < -0.3 is 7.16 Å². The van der Waals surface area contributed by atoms with Gasteiger partial charge in [-0.3, -0.25) is 4.72 Å². The van der Waals surface area contributed by atoms with Gasteiger partial charge in [0, 0.05) is 0 Å². The molecule has 0 saturated heterocycles. The van der Waals surface area contributed by atoms with Crippen molar-refractivity contribution in [1.29, 1.82) is 5.26 Å². The van der Waals surface area contributed by atoms with Crippen LogP contribution >= 0.6 is 11.9 Å². The molecule has 8 heavy (non-hydrogen) atoms. The monoisotopic (exact) mass is 157 g/mol. The Labute approximate surface area is 95.2 Å². The van der Waals surface area contributed by atoms with Crippen LogP contribution in [-0.2, 0) is 0 Å². The third-order valence-corrected chi connectivity index (χ3v) is 0.592. The first kappa shape index (κ1) is 11.5. The fourth-order valence-electron chi connectivity index (χ4n) is 0.0731. The molecule has 0 saturated carbocycles. The first-order valence-electron chi connectivity index (χ1n) is 1.37. The second-order valence-electron chi connectivity index (χ2n) is 0.660. The smallest absolute Gasteiger partial charge is 1.00 e. The fraction of sp³-hybridized carbons (Fsp3) is 0. The number of primary amides is 1. The Morgan fingerprint density at radius 3 is 2.62 bits per heavy atom. The summed E-state index contributed by atoms with van der Waals surface area (Å²) in [5.41, 5.74) is 4.56. The van der Waals surface area contributed by atoms with Gasteiger partial charge in [0.25, 0.3) is 0 Å². The molecule has 0 spiro atoms. The minimum Gasteiger partial charge on any atom is -1.00 e. The first-order chi connectivity index (χ1) is 3.27. The summed E-state index contributed by atoms with van der Waals surface area (Å²) >= 11 is 0.597. The number of thiocyanates is 1. The molecule has 0 aromatic rings. The van der Waals surface area contributed by atoms with E-state index in [-0.39, 0.29) is 52.8 Å². The van der Waals surface area contributed by atoms with Crippen LogP contribution in [0.2, 0.25) is 0 Å². The predicted molar refractivity (Wildman–Crippen MR) is 27.0 cm³/mol. The number of nitriles is 1. The van der Waals surface area contributed by atoms with E-state index in [1.807, 2.05) is 4.72 Å². The maximum atomic E-state index is 9.70. The number of carbonyl (C=O) groups excluding carboxylic acids is 1. The summed E-state index contributed by atoms with van der Waals surface area (Å²) in [5.74, 6) is 0. The molecule has 4 nitrogen and oxygen atoms in total. The van der Waals surface area contributed by atoms with Crippen molar-refractivity contribution in [2.24, 2.45) is 5.73 Å². The van der Waals surface area contributed by atoms with E-state index in [0.29, 0.717) is 11.9 Å². The Bertz CT molecular complexity index is 115. The number of nitrogens with two attached hydrogens (primary N) is 1. The third-order valence-electron chi connectivity index (χ3n) is 0.197. The number of carbonyl (C=O) groups is 1. The number of urea groups is 1. The fourth-order valence-corrected chi connectivity index (χ4v) is 0.219. The second-order valence-corrected chi connectivity index (χ2v) is 1.25. The Morgan fingerprint density at radius 1 is 2.00 bits per heavy atom. The van der Waals surface area contributed by atoms with Crippen LogP contribution in [-0.4, -0.2) is 6.03 Å². The summed E-state index contributed by atoms with van der Waals surface area (Å²) in [4.78, 5) is 9.70. The van der Waals surface area contributed by atoms with E-state index in [0.717, 1.165) is 0 Å². The van der Waals surface area contributed by atoms with Crippen molar-refractivity contribution >= 4 is 18.0 Å². The van der Waals surface area contributed by atoms with Crippen molar-refractivity contribution in [1.82, 2.24) is 4.72 Å². The molecule has 0 aliphatic heterocycles. The zero-order chi connectivity index (χ0) is 5.70. The van der Waals surface area contributed by atoms with Crippen LogP contribution in [0.4, 0.5) is 4.79 Å². The van der Waals surface area contributed by atoms with Crippen molar-refractivity contribution in [3.8, 4) is 5.40 Å². The van der Waals surface area contributed by atoms with Crippen LogP contribution in [0.15, 0.2) is 0 Å². The maximum absolute atomic E-state index is 9.70. The third kappa shape index (κ3) is 9.89. The average molecular weight is 157 g/mol. The summed E-state index contributed by atoms with van der Waals surface area (Å²) in [6.07, 6.45) is 0. The van der Waals surface area contributed by atoms with Crippen molar-refractivity contribution in [2.45, 2.75) is 0 Å². The topological polar surface area (TPSA) is 78.9 Å². The van der Waals surface area contributed by atoms with Crippen LogP contribution in [0.25, 0.3) is 0 Å². The Balaban J connectivity index is -0.000000180. The van der Waals surface area contributed by atoms with Crippen molar-refractivity contribution < 1.29 is 57.6 Å². The van der Waals surface area contributed by atoms with Crippen molar-refractivity contribution in [3.63, 3.8) is 0 Å². The van der Waals surface area contributed by atoms with Gasteiger partial charge in [0.15, 0.2) is 5.40 Å². The van der Waals surface area contributed by atoms with E-state index in [2.05, 4.69) is 5.73 Å². The van der Waals surface area contributed by atoms with Crippen LogP contribution < -0.4 is 61.8 Å². The Kier molecular flexibility index (Phi) is 11.2. The molecular formula is C2H4KN3OS. The SMILES string of the molecule is N#CSNC(N)=O.[H-].[K+]. The number of hydrogen-bond donors (Lipinski definition) is 2. The van der Waals surface area contributed by atoms with Gasteiger partial charge >= 0.3 is 57.4 Å². The maximum Gasteiger partial charge on any atom is 1.00 e. The number of hydrogen-bond acceptors (Lipinski definition) is 3. The van der Waals surface area contributed by atoms with Crippen molar-refractivity contribution in [2.75, 3.05) is 0 Å². The molecule has 0 unspecified atom stereocenters. The molecular weight excluding hydrogens is 153 g/mol. The van der Waals surface area contributed by atoms with E-state index in [1.54, 1.807) is 5.40 Å². The minimum atomic E-state index is -0.702. The molecule has 0 aliphatic rings. The quantitative estimate of drug-likeness (QED) is 0.240. The second kappa shape index (κ2) is 7.75. The molecule has 6 heteroatoms. The zero-order valence-corrected chi connectivity index (χ0v) is 8.28. The van der Waals surface area contributed by atoms with E-state index >= 15 is 0 Å². The van der Waals surface area contributed by atoms with Gasteiger partial charge in [-0.05, 0) is 0 Å². The summed E-state index contributed by atoms with van der Waals surface area (Å²) in [7, 11) is 0. The van der Waals surface area contributed by atoms with E-state index in [1.165, 1.54) is 0 Å². The molecule has 40 valence electrons.